The Morgan fingerprint density at radius 3 is 1.45 bits per heavy atom. The Balaban J connectivity index is 1.59. The lowest BCUT2D eigenvalue weighted by Gasteiger charge is -2.30. The molecule has 0 atom stereocenters. The van der Waals surface area contributed by atoms with E-state index in [9.17, 15) is 0 Å². The lowest BCUT2D eigenvalue weighted by Crippen LogP contribution is -2.41. The average molecular weight is 438 g/mol. The number of hydrogen-bond donors (Lipinski definition) is 0. The Morgan fingerprint density at radius 1 is 0.545 bits per heavy atom. The predicted octanol–water partition coefficient (Wildman–Crippen LogP) is 6.48. The molecule has 5 heteroatoms. The van der Waals surface area contributed by atoms with E-state index in [1.54, 1.807) is 0 Å². The van der Waals surface area contributed by atoms with Gasteiger partial charge in [0.1, 0.15) is 0 Å². The highest BCUT2D eigenvalue weighted by Crippen LogP contribution is 2.45. The number of aromatic nitrogens is 3. The van der Waals surface area contributed by atoms with Crippen LogP contribution in [-0.2, 0) is 9.47 Å². The van der Waals surface area contributed by atoms with Crippen molar-refractivity contribution in [3.63, 3.8) is 0 Å². The van der Waals surface area contributed by atoms with Crippen molar-refractivity contribution < 1.29 is 9.47 Å². The zero-order chi connectivity index (χ0) is 23.1. The zero-order valence-electron chi connectivity index (χ0n) is 19.3. The molecule has 3 aromatic carbocycles. The minimum absolute atomic E-state index is 0.401. The van der Waals surface area contributed by atoms with Gasteiger partial charge in [-0.1, -0.05) is 78.9 Å². The van der Waals surface area contributed by atoms with Gasteiger partial charge in [0, 0.05) is 22.3 Å². The van der Waals surface area contributed by atoms with Crippen LogP contribution in [0.4, 0.5) is 0 Å². The monoisotopic (exact) mass is 437 g/mol. The normalized spacial score (nSPS) is 17.2. The van der Waals surface area contributed by atoms with Gasteiger partial charge in [-0.15, -0.1) is 0 Å². The van der Waals surface area contributed by atoms with E-state index in [0.29, 0.717) is 17.5 Å². The second kappa shape index (κ2) is 8.18. The summed E-state index contributed by atoms with van der Waals surface area (Å²) in [5.41, 5.74) is 2.91. The molecular formula is C28H27N3O2. The van der Waals surface area contributed by atoms with Gasteiger partial charge in [-0.05, 0) is 33.8 Å². The molecule has 0 bridgehead atoms. The maximum atomic E-state index is 6.25. The summed E-state index contributed by atoms with van der Waals surface area (Å²) in [5.74, 6) is 1.89. The summed E-state index contributed by atoms with van der Waals surface area (Å²) in [6, 6.07) is 28.0. The van der Waals surface area contributed by atoms with E-state index in [1.807, 2.05) is 84.9 Å². The summed E-state index contributed by atoms with van der Waals surface area (Å²) >= 11 is 0. The standard InChI is InChI=1S/C28H27N3O2/c1-27(2)28(3,4)33-26(32-27)22-17-11-16-21(18-22)25-30-23(19-12-7-5-8-13-19)29-24(31-25)20-14-9-6-10-15-20/h5-18,26H,1-4H3. The Morgan fingerprint density at radius 2 is 0.970 bits per heavy atom. The van der Waals surface area contributed by atoms with Crippen molar-refractivity contribution in [3.05, 3.63) is 90.5 Å². The molecule has 0 radical (unpaired) electrons. The Kier molecular flexibility index (Phi) is 5.31. The SMILES string of the molecule is CC1(C)OC(c2cccc(-c3nc(-c4ccccc4)nc(-c4ccccc4)n3)c2)OC1(C)C. The third-order valence-electron chi connectivity index (χ3n) is 6.37. The van der Waals surface area contributed by atoms with Gasteiger partial charge in [-0.2, -0.15) is 0 Å². The van der Waals surface area contributed by atoms with Crippen LogP contribution < -0.4 is 0 Å². The largest absolute Gasteiger partial charge is 0.339 e. The first-order valence-corrected chi connectivity index (χ1v) is 11.2. The minimum atomic E-state index is -0.445. The highest BCUT2D eigenvalue weighted by atomic mass is 16.7. The van der Waals surface area contributed by atoms with Crippen LogP contribution in [0.25, 0.3) is 34.2 Å². The fraction of sp³-hybridized carbons (Fsp3) is 0.250. The highest BCUT2D eigenvalue weighted by Gasteiger charge is 2.49. The first-order valence-electron chi connectivity index (χ1n) is 11.2. The van der Waals surface area contributed by atoms with E-state index >= 15 is 0 Å². The molecule has 33 heavy (non-hydrogen) atoms. The van der Waals surface area contributed by atoms with E-state index in [2.05, 4.69) is 27.7 Å². The summed E-state index contributed by atoms with van der Waals surface area (Å²) < 4.78 is 12.5. The average Bonchev–Trinajstić information content (AvgIpc) is 3.07. The van der Waals surface area contributed by atoms with Crippen molar-refractivity contribution in [2.24, 2.45) is 0 Å². The van der Waals surface area contributed by atoms with E-state index in [1.165, 1.54) is 0 Å². The highest BCUT2D eigenvalue weighted by molar-refractivity contribution is 5.66. The molecular weight excluding hydrogens is 410 g/mol. The topological polar surface area (TPSA) is 57.1 Å². The molecule has 1 aliphatic rings. The number of nitrogens with zero attached hydrogens (tertiary/aromatic N) is 3. The fourth-order valence-corrected chi connectivity index (χ4v) is 3.74. The van der Waals surface area contributed by atoms with E-state index in [4.69, 9.17) is 24.4 Å². The maximum Gasteiger partial charge on any atom is 0.185 e. The third-order valence-corrected chi connectivity index (χ3v) is 6.37. The smallest absolute Gasteiger partial charge is 0.185 e. The number of rotatable bonds is 4. The van der Waals surface area contributed by atoms with Gasteiger partial charge >= 0.3 is 0 Å². The molecule has 0 saturated carbocycles. The van der Waals surface area contributed by atoms with Crippen LogP contribution in [0.15, 0.2) is 84.9 Å². The molecule has 2 heterocycles. The van der Waals surface area contributed by atoms with Gasteiger partial charge in [0.2, 0.25) is 0 Å². The molecule has 0 unspecified atom stereocenters. The number of benzene rings is 3. The molecule has 0 aliphatic carbocycles. The van der Waals surface area contributed by atoms with Crippen molar-refractivity contribution in [3.8, 4) is 34.2 Å². The second-order valence-electron chi connectivity index (χ2n) is 9.25. The van der Waals surface area contributed by atoms with Crippen LogP contribution in [0.1, 0.15) is 39.5 Å². The molecule has 1 fully saturated rings. The fourth-order valence-electron chi connectivity index (χ4n) is 3.74. The van der Waals surface area contributed by atoms with Gasteiger partial charge in [0.05, 0.1) is 11.2 Å². The van der Waals surface area contributed by atoms with Crippen molar-refractivity contribution in [2.75, 3.05) is 0 Å². The summed E-state index contributed by atoms with van der Waals surface area (Å²) in [6.45, 7) is 8.23. The van der Waals surface area contributed by atoms with Crippen LogP contribution >= 0.6 is 0 Å². The van der Waals surface area contributed by atoms with Crippen LogP contribution in [0.5, 0.6) is 0 Å². The van der Waals surface area contributed by atoms with Crippen molar-refractivity contribution in [1.82, 2.24) is 15.0 Å². The Hall–Kier alpha value is -3.41. The first-order chi connectivity index (χ1) is 15.8. The molecule has 0 N–H and O–H groups in total. The minimum Gasteiger partial charge on any atom is -0.339 e. The third kappa shape index (κ3) is 4.17. The van der Waals surface area contributed by atoms with Gasteiger partial charge < -0.3 is 9.47 Å². The summed E-state index contributed by atoms with van der Waals surface area (Å²) in [4.78, 5) is 14.4. The molecule has 5 rings (SSSR count). The first kappa shape index (κ1) is 21.4. The van der Waals surface area contributed by atoms with Gasteiger partial charge in [-0.25, -0.2) is 15.0 Å². The number of ether oxygens (including phenoxy) is 2. The molecule has 1 aliphatic heterocycles. The van der Waals surface area contributed by atoms with Crippen molar-refractivity contribution >= 4 is 0 Å². The number of hydrogen-bond acceptors (Lipinski definition) is 5. The van der Waals surface area contributed by atoms with Crippen molar-refractivity contribution in [2.45, 2.75) is 45.2 Å². The van der Waals surface area contributed by atoms with E-state index < -0.39 is 17.5 Å². The summed E-state index contributed by atoms with van der Waals surface area (Å²) in [6.07, 6.45) is -0.445. The molecule has 166 valence electrons. The molecule has 1 aromatic heterocycles. The quantitative estimate of drug-likeness (QED) is 0.366. The Bertz CT molecular complexity index is 1200. The van der Waals surface area contributed by atoms with Crippen molar-refractivity contribution in [1.29, 1.82) is 0 Å². The van der Waals surface area contributed by atoms with Crippen LogP contribution in [0.2, 0.25) is 0 Å². The lowest BCUT2D eigenvalue weighted by atomic mass is 9.90. The summed E-state index contributed by atoms with van der Waals surface area (Å²) in [7, 11) is 0. The predicted molar refractivity (Wildman–Crippen MR) is 129 cm³/mol. The van der Waals surface area contributed by atoms with Gasteiger partial charge in [-0.3, -0.25) is 0 Å². The molecule has 4 aromatic rings. The Labute approximate surface area is 194 Å². The zero-order valence-corrected chi connectivity index (χ0v) is 19.3. The van der Waals surface area contributed by atoms with Crippen LogP contribution in [0.3, 0.4) is 0 Å². The molecule has 5 nitrogen and oxygen atoms in total. The molecule has 0 spiro atoms. The van der Waals surface area contributed by atoms with Gasteiger partial charge in [0.15, 0.2) is 23.8 Å². The van der Waals surface area contributed by atoms with Gasteiger partial charge in [0.25, 0.3) is 0 Å². The van der Waals surface area contributed by atoms with Crippen LogP contribution in [-0.4, -0.2) is 26.2 Å². The lowest BCUT2D eigenvalue weighted by molar-refractivity contribution is -0.0895. The van der Waals surface area contributed by atoms with Crippen LogP contribution in [0, 0.1) is 0 Å². The second-order valence-corrected chi connectivity index (χ2v) is 9.25. The van der Waals surface area contributed by atoms with E-state index in [-0.39, 0.29) is 0 Å². The van der Waals surface area contributed by atoms with E-state index in [0.717, 1.165) is 22.3 Å². The molecule has 0 amide bonds. The molecule has 1 saturated heterocycles. The summed E-state index contributed by atoms with van der Waals surface area (Å²) in [5, 5.41) is 0. The maximum absolute atomic E-state index is 6.25.